The fraction of sp³-hybridized carbons (Fsp3) is 0. The van der Waals surface area contributed by atoms with Crippen LogP contribution < -0.4 is 0 Å². The van der Waals surface area contributed by atoms with Gasteiger partial charge in [0.1, 0.15) is 0 Å². The van der Waals surface area contributed by atoms with Gasteiger partial charge in [0.2, 0.25) is 0 Å². The summed E-state index contributed by atoms with van der Waals surface area (Å²) in [6.45, 7) is 0. The van der Waals surface area contributed by atoms with Crippen molar-refractivity contribution in [2.75, 3.05) is 0 Å². The number of aromatic nitrogens is 4. The minimum atomic E-state index is 0.527. The normalized spacial score (nSPS) is 11.0. The van der Waals surface area contributed by atoms with Crippen molar-refractivity contribution in [3.05, 3.63) is 195 Å². The molecule has 0 spiro atoms. The van der Waals surface area contributed by atoms with Crippen LogP contribution in [-0.4, -0.2) is 19.9 Å². The molecule has 5 aromatic carbocycles. The van der Waals surface area contributed by atoms with Crippen LogP contribution in [0.15, 0.2) is 199 Å². The Bertz CT molecular complexity index is 2540. The maximum Gasteiger partial charge on any atom is 0.196 e. The molecule has 0 saturated heterocycles. The van der Waals surface area contributed by atoms with Crippen molar-refractivity contribution < 1.29 is 4.42 Å². The number of nitrogens with zero attached hydrogens (tertiary/aromatic N) is 4. The van der Waals surface area contributed by atoms with Crippen LogP contribution >= 0.6 is 0 Å². The van der Waals surface area contributed by atoms with Crippen LogP contribution in [0.2, 0.25) is 0 Å². The third kappa shape index (κ3) is 6.79. The molecule has 0 fully saturated rings. The van der Waals surface area contributed by atoms with Crippen molar-refractivity contribution in [1.29, 1.82) is 0 Å². The molecule has 0 unspecified atom stereocenters. The van der Waals surface area contributed by atoms with Crippen molar-refractivity contribution >= 4 is 0 Å². The lowest BCUT2D eigenvalue weighted by Gasteiger charge is -2.14. The summed E-state index contributed by atoms with van der Waals surface area (Å²) < 4.78 is 5.84. The van der Waals surface area contributed by atoms with Gasteiger partial charge in [-0.2, -0.15) is 0 Å². The SMILES string of the molecule is c1ccc(-c2ccc(-c3cc(-c4cc(-c5cccc(-c6cccnc6)c5)cc(-c5cccc(-c6cccnc6)c5)c4)nc(-c4ccco4)n3)cc2)cc1. The first-order chi connectivity index (χ1) is 26.2. The number of pyridine rings is 2. The largest absolute Gasteiger partial charge is 0.461 e. The highest BCUT2D eigenvalue weighted by atomic mass is 16.3. The Balaban J connectivity index is 1.21. The van der Waals surface area contributed by atoms with E-state index in [9.17, 15) is 0 Å². The summed E-state index contributed by atoms with van der Waals surface area (Å²) in [6, 6.07) is 56.8. The molecule has 9 rings (SSSR count). The minimum Gasteiger partial charge on any atom is -0.461 e. The van der Waals surface area contributed by atoms with E-state index in [0.29, 0.717) is 11.6 Å². The van der Waals surface area contributed by atoms with Gasteiger partial charge in [-0.15, -0.1) is 0 Å². The monoisotopic (exact) mass is 680 g/mol. The van der Waals surface area contributed by atoms with Crippen LogP contribution in [0.5, 0.6) is 0 Å². The second kappa shape index (κ2) is 14.2. The zero-order valence-electron chi connectivity index (χ0n) is 28.7. The van der Waals surface area contributed by atoms with E-state index in [1.807, 2.05) is 42.7 Å². The Morgan fingerprint density at radius 2 is 0.792 bits per heavy atom. The highest BCUT2D eigenvalue weighted by Gasteiger charge is 2.16. The molecule has 0 atom stereocenters. The van der Waals surface area contributed by atoms with Crippen LogP contribution in [0, 0.1) is 0 Å². The number of hydrogen-bond donors (Lipinski definition) is 0. The molecule has 0 aliphatic heterocycles. The molecule has 4 heterocycles. The molecule has 0 N–H and O–H groups in total. The van der Waals surface area contributed by atoms with Crippen molar-refractivity contribution in [2.45, 2.75) is 0 Å². The minimum absolute atomic E-state index is 0.527. The molecule has 53 heavy (non-hydrogen) atoms. The number of furan rings is 1. The van der Waals surface area contributed by atoms with Crippen molar-refractivity contribution in [3.8, 4) is 89.7 Å². The van der Waals surface area contributed by atoms with Gasteiger partial charge in [-0.25, -0.2) is 9.97 Å². The second-order valence-corrected chi connectivity index (χ2v) is 12.8. The summed E-state index contributed by atoms with van der Waals surface area (Å²) in [5.41, 5.74) is 14.5. The summed E-state index contributed by atoms with van der Waals surface area (Å²) in [5, 5.41) is 0. The van der Waals surface area contributed by atoms with Crippen LogP contribution in [-0.2, 0) is 0 Å². The zero-order valence-corrected chi connectivity index (χ0v) is 28.7. The summed E-state index contributed by atoms with van der Waals surface area (Å²) >= 11 is 0. The van der Waals surface area contributed by atoms with Gasteiger partial charge >= 0.3 is 0 Å². The van der Waals surface area contributed by atoms with Crippen molar-refractivity contribution in [2.24, 2.45) is 0 Å². The molecule has 0 amide bonds. The number of benzene rings is 5. The van der Waals surface area contributed by atoms with Gasteiger partial charge in [0, 0.05) is 47.0 Å². The second-order valence-electron chi connectivity index (χ2n) is 12.8. The van der Waals surface area contributed by atoms with Crippen LogP contribution in [0.3, 0.4) is 0 Å². The maximum atomic E-state index is 5.84. The average molecular weight is 681 g/mol. The van der Waals surface area contributed by atoms with Crippen molar-refractivity contribution in [3.63, 3.8) is 0 Å². The van der Waals surface area contributed by atoms with Gasteiger partial charge in [-0.05, 0) is 105 Å². The highest BCUT2D eigenvalue weighted by molar-refractivity contribution is 5.84. The van der Waals surface area contributed by atoms with E-state index in [2.05, 4.69) is 143 Å². The van der Waals surface area contributed by atoms with E-state index in [4.69, 9.17) is 14.4 Å². The van der Waals surface area contributed by atoms with Crippen molar-refractivity contribution in [1.82, 2.24) is 19.9 Å². The Hall–Kier alpha value is -7.24. The lowest BCUT2D eigenvalue weighted by Crippen LogP contribution is -1.96. The number of rotatable bonds is 8. The molecule has 0 radical (unpaired) electrons. The lowest BCUT2D eigenvalue weighted by molar-refractivity contribution is 0.577. The molecule has 0 aliphatic carbocycles. The first kappa shape index (κ1) is 31.7. The summed E-state index contributed by atoms with van der Waals surface area (Å²) in [4.78, 5) is 18.8. The first-order valence-electron chi connectivity index (χ1n) is 17.5. The Morgan fingerprint density at radius 3 is 1.34 bits per heavy atom. The van der Waals surface area contributed by atoms with E-state index in [1.165, 1.54) is 5.56 Å². The van der Waals surface area contributed by atoms with Crippen LogP contribution in [0.4, 0.5) is 0 Å². The highest BCUT2D eigenvalue weighted by Crippen LogP contribution is 2.37. The quantitative estimate of drug-likeness (QED) is 0.160. The topological polar surface area (TPSA) is 64.7 Å². The van der Waals surface area contributed by atoms with Gasteiger partial charge in [-0.3, -0.25) is 9.97 Å². The average Bonchev–Trinajstić information content (AvgIpc) is 3.80. The number of hydrogen-bond acceptors (Lipinski definition) is 5. The lowest BCUT2D eigenvalue weighted by atomic mass is 9.92. The Labute approximate surface area is 308 Å². The van der Waals surface area contributed by atoms with E-state index < -0.39 is 0 Å². The standard InChI is InChI=1S/C48H32N4O/c1-2-9-33(10-3-1)34-18-20-35(21-19-34)45-30-46(52-48(51-45)47-17-8-24-53-47)44-28-42(38-13-4-11-36(25-38)40-15-6-22-49-31-40)27-43(29-44)39-14-5-12-37(26-39)41-16-7-23-50-32-41/h1-32H. The van der Waals surface area contributed by atoms with E-state index >= 15 is 0 Å². The molecule has 9 aromatic rings. The maximum absolute atomic E-state index is 5.84. The molecular weight excluding hydrogens is 649 g/mol. The van der Waals surface area contributed by atoms with Gasteiger partial charge in [0.25, 0.3) is 0 Å². The fourth-order valence-corrected chi connectivity index (χ4v) is 6.66. The van der Waals surface area contributed by atoms with Crippen LogP contribution in [0.25, 0.3) is 89.7 Å². The molecular formula is C48H32N4O. The van der Waals surface area contributed by atoms with Gasteiger partial charge in [0.05, 0.1) is 17.7 Å². The fourth-order valence-electron chi connectivity index (χ4n) is 6.66. The molecule has 5 nitrogen and oxygen atoms in total. The zero-order chi connectivity index (χ0) is 35.4. The third-order valence-corrected chi connectivity index (χ3v) is 9.37. The van der Waals surface area contributed by atoms with Crippen LogP contribution in [0.1, 0.15) is 0 Å². The Morgan fingerprint density at radius 1 is 0.321 bits per heavy atom. The molecule has 5 heteroatoms. The summed E-state index contributed by atoms with van der Waals surface area (Å²) in [5.74, 6) is 1.14. The molecule has 250 valence electrons. The van der Waals surface area contributed by atoms with Gasteiger partial charge in [-0.1, -0.05) is 103 Å². The predicted molar refractivity (Wildman–Crippen MR) is 213 cm³/mol. The van der Waals surface area contributed by atoms with E-state index in [1.54, 1.807) is 18.7 Å². The third-order valence-electron chi connectivity index (χ3n) is 9.37. The van der Waals surface area contributed by atoms with Gasteiger partial charge in [0.15, 0.2) is 11.6 Å². The molecule has 4 aromatic heterocycles. The predicted octanol–water partition coefficient (Wildman–Crippen LogP) is 12.2. The van der Waals surface area contributed by atoms with Gasteiger partial charge < -0.3 is 4.42 Å². The molecule has 0 saturated carbocycles. The summed E-state index contributed by atoms with van der Waals surface area (Å²) in [6.07, 6.45) is 9.05. The molecule has 0 aliphatic rings. The van der Waals surface area contributed by atoms with E-state index in [0.717, 1.165) is 72.6 Å². The summed E-state index contributed by atoms with van der Waals surface area (Å²) in [7, 11) is 0. The first-order valence-corrected chi connectivity index (χ1v) is 17.5. The Kier molecular flexibility index (Phi) is 8.48. The molecule has 0 bridgehead atoms. The smallest absolute Gasteiger partial charge is 0.196 e. The van der Waals surface area contributed by atoms with E-state index in [-0.39, 0.29) is 0 Å².